The van der Waals surface area contributed by atoms with Crippen molar-refractivity contribution in [1.82, 2.24) is 9.55 Å². The first-order valence-corrected chi connectivity index (χ1v) is 8.81. The Hall–Kier alpha value is -2.05. The molecule has 130 valence electrons. The molecule has 25 heavy (non-hydrogen) atoms. The Morgan fingerprint density at radius 3 is 2.80 bits per heavy atom. The van der Waals surface area contributed by atoms with Crippen molar-refractivity contribution in [2.75, 3.05) is 12.8 Å². The smallest absolute Gasteiger partial charge is 0.193 e. The van der Waals surface area contributed by atoms with E-state index in [1.807, 2.05) is 24.5 Å². The van der Waals surface area contributed by atoms with E-state index in [1.54, 1.807) is 25.6 Å². The number of halogens is 2. The summed E-state index contributed by atoms with van der Waals surface area (Å²) in [6.45, 7) is 3.91. The third-order valence-electron chi connectivity index (χ3n) is 4.34. The van der Waals surface area contributed by atoms with Crippen LogP contribution in [-0.4, -0.2) is 16.7 Å². The van der Waals surface area contributed by atoms with Crippen LogP contribution in [0, 0.1) is 6.92 Å². The van der Waals surface area contributed by atoms with Crippen molar-refractivity contribution in [3.63, 3.8) is 0 Å². The lowest BCUT2D eigenvalue weighted by atomic mass is 10.0. The first kappa shape index (κ1) is 17.8. The summed E-state index contributed by atoms with van der Waals surface area (Å²) >= 11 is 9.92. The Morgan fingerprint density at radius 2 is 2.12 bits per heavy atom. The van der Waals surface area contributed by atoms with E-state index in [0.717, 1.165) is 15.6 Å². The van der Waals surface area contributed by atoms with Gasteiger partial charge in [0.15, 0.2) is 5.43 Å². The Morgan fingerprint density at radius 1 is 1.40 bits per heavy atom. The molecule has 1 atom stereocenters. The normalized spacial score (nSPS) is 12.4. The first-order valence-electron chi connectivity index (χ1n) is 7.64. The van der Waals surface area contributed by atoms with Gasteiger partial charge in [0.2, 0.25) is 0 Å². The van der Waals surface area contributed by atoms with E-state index in [1.165, 1.54) is 6.07 Å². The summed E-state index contributed by atoms with van der Waals surface area (Å²) in [7, 11) is 1.61. The summed E-state index contributed by atoms with van der Waals surface area (Å²) in [4.78, 5) is 16.6. The number of aromatic nitrogens is 2. The average molecular weight is 423 g/mol. The van der Waals surface area contributed by atoms with Crippen LogP contribution in [0.15, 0.2) is 39.9 Å². The number of nitrogen functional groups attached to an aromatic ring is 1. The van der Waals surface area contributed by atoms with E-state index in [4.69, 9.17) is 22.1 Å². The van der Waals surface area contributed by atoms with Crippen molar-refractivity contribution in [1.29, 1.82) is 0 Å². The standard InChI is InChI=1S/C18H17BrClN3O2/c1-9-12(20)8-11(17(25-3)16(9)19)10(2)23-7-5-14(24)15-13(21)4-6-22-18(15)23/h4-8,10H,1-3H3,(H2,21,22). The van der Waals surface area contributed by atoms with Crippen LogP contribution in [0.5, 0.6) is 5.75 Å². The van der Waals surface area contributed by atoms with Gasteiger partial charge in [0.25, 0.3) is 0 Å². The molecule has 0 fully saturated rings. The van der Waals surface area contributed by atoms with Crippen LogP contribution in [0.25, 0.3) is 11.0 Å². The highest BCUT2D eigenvalue weighted by molar-refractivity contribution is 9.10. The van der Waals surface area contributed by atoms with Gasteiger partial charge in [-0.2, -0.15) is 0 Å². The number of nitrogens with zero attached hydrogens (tertiary/aromatic N) is 2. The van der Waals surface area contributed by atoms with Crippen LogP contribution in [-0.2, 0) is 0 Å². The van der Waals surface area contributed by atoms with Crippen molar-refractivity contribution in [2.45, 2.75) is 19.9 Å². The molecule has 3 rings (SSSR count). The van der Waals surface area contributed by atoms with Gasteiger partial charge in [0.1, 0.15) is 11.4 Å². The molecule has 1 unspecified atom stereocenters. The quantitative estimate of drug-likeness (QED) is 0.682. The molecule has 2 heterocycles. The highest BCUT2D eigenvalue weighted by Crippen LogP contribution is 2.40. The molecule has 2 N–H and O–H groups in total. The molecule has 0 amide bonds. The maximum absolute atomic E-state index is 12.2. The van der Waals surface area contributed by atoms with Crippen molar-refractivity contribution in [3.8, 4) is 5.75 Å². The SMILES string of the molecule is COc1c(C(C)n2ccc(=O)c3c(N)ccnc32)cc(Cl)c(C)c1Br. The second-order valence-electron chi connectivity index (χ2n) is 5.78. The predicted octanol–water partition coefficient (Wildman–Crippen LogP) is 4.32. The third kappa shape index (κ3) is 2.89. The molecular formula is C18H17BrClN3O2. The summed E-state index contributed by atoms with van der Waals surface area (Å²) in [5.41, 5.74) is 8.54. The molecule has 3 aromatic rings. The lowest BCUT2D eigenvalue weighted by molar-refractivity contribution is 0.401. The van der Waals surface area contributed by atoms with Gasteiger partial charge in [-0.25, -0.2) is 4.98 Å². The van der Waals surface area contributed by atoms with Crippen LogP contribution in [0.4, 0.5) is 5.69 Å². The number of fused-ring (bicyclic) bond motifs is 1. The maximum Gasteiger partial charge on any atom is 0.193 e. The molecule has 0 spiro atoms. The Labute approximate surface area is 158 Å². The van der Waals surface area contributed by atoms with Crippen LogP contribution < -0.4 is 15.9 Å². The zero-order valence-electron chi connectivity index (χ0n) is 14.0. The van der Waals surface area contributed by atoms with Gasteiger partial charge in [0.05, 0.1) is 23.0 Å². The van der Waals surface area contributed by atoms with Crippen LogP contribution in [0.3, 0.4) is 0 Å². The second-order valence-corrected chi connectivity index (χ2v) is 6.98. The zero-order valence-corrected chi connectivity index (χ0v) is 16.4. The number of nitrogens with two attached hydrogens (primary N) is 1. The summed E-state index contributed by atoms with van der Waals surface area (Å²) < 4.78 is 8.29. The average Bonchev–Trinajstić information content (AvgIpc) is 2.59. The molecule has 0 radical (unpaired) electrons. The summed E-state index contributed by atoms with van der Waals surface area (Å²) in [5.74, 6) is 0.699. The Balaban J connectivity index is 2.29. The summed E-state index contributed by atoms with van der Waals surface area (Å²) in [6, 6.07) is 4.82. The lowest BCUT2D eigenvalue weighted by Gasteiger charge is -2.22. The number of methoxy groups -OCH3 is 1. The summed E-state index contributed by atoms with van der Waals surface area (Å²) in [6.07, 6.45) is 3.30. The van der Waals surface area contributed by atoms with Crippen molar-refractivity contribution in [3.05, 3.63) is 61.4 Å². The molecule has 2 aromatic heterocycles. The monoisotopic (exact) mass is 421 g/mol. The number of pyridine rings is 2. The summed E-state index contributed by atoms with van der Waals surface area (Å²) in [5, 5.41) is 1.04. The van der Waals surface area contributed by atoms with Crippen LogP contribution in [0.2, 0.25) is 5.02 Å². The van der Waals surface area contributed by atoms with Gasteiger partial charge in [-0.05, 0) is 47.5 Å². The third-order valence-corrected chi connectivity index (χ3v) is 5.69. The number of rotatable bonds is 3. The van der Waals surface area contributed by atoms with E-state index >= 15 is 0 Å². The minimum Gasteiger partial charge on any atom is -0.495 e. The fourth-order valence-corrected chi connectivity index (χ4v) is 3.84. The molecule has 0 aliphatic carbocycles. The highest BCUT2D eigenvalue weighted by Gasteiger charge is 2.21. The van der Waals surface area contributed by atoms with Crippen molar-refractivity contribution >= 4 is 44.3 Å². The fourth-order valence-electron chi connectivity index (χ4n) is 2.91. The fraction of sp³-hybridized carbons (Fsp3) is 0.222. The van der Waals surface area contributed by atoms with Crippen molar-refractivity contribution in [2.24, 2.45) is 0 Å². The molecule has 0 aliphatic rings. The molecule has 0 bridgehead atoms. The number of hydrogen-bond acceptors (Lipinski definition) is 4. The van der Waals surface area contributed by atoms with Crippen molar-refractivity contribution < 1.29 is 4.74 Å². The zero-order chi connectivity index (χ0) is 18.3. The maximum atomic E-state index is 12.2. The van der Waals surface area contributed by atoms with E-state index < -0.39 is 0 Å². The molecule has 5 nitrogen and oxygen atoms in total. The number of anilines is 1. The molecule has 0 saturated carbocycles. The molecule has 0 saturated heterocycles. The van der Waals surface area contributed by atoms with Gasteiger partial charge >= 0.3 is 0 Å². The van der Waals surface area contributed by atoms with Gasteiger partial charge in [-0.1, -0.05) is 11.6 Å². The second kappa shape index (κ2) is 6.69. The predicted molar refractivity (Wildman–Crippen MR) is 105 cm³/mol. The van der Waals surface area contributed by atoms with E-state index in [0.29, 0.717) is 27.5 Å². The van der Waals surface area contributed by atoms with Crippen LogP contribution in [0.1, 0.15) is 24.1 Å². The highest BCUT2D eigenvalue weighted by atomic mass is 79.9. The van der Waals surface area contributed by atoms with Gasteiger partial charge in [-0.3, -0.25) is 4.79 Å². The van der Waals surface area contributed by atoms with E-state index in [9.17, 15) is 4.79 Å². The topological polar surface area (TPSA) is 70.1 Å². The number of ether oxygens (including phenoxy) is 1. The van der Waals surface area contributed by atoms with Gasteiger partial charge in [-0.15, -0.1) is 0 Å². The van der Waals surface area contributed by atoms with Crippen LogP contribution >= 0.6 is 27.5 Å². The Kier molecular flexibility index (Phi) is 4.75. The lowest BCUT2D eigenvalue weighted by Crippen LogP contribution is -2.15. The molecule has 1 aromatic carbocycles. The minimum absolute atomic E-state index is 0.154. The van der Waals surface area contributed by atoms with Gasteiger partial charge < -0.3 is 15.0 Å². The van der Waals surface area contributed by atoms with E-state index in [-0.39, 0.29) is 11.5 Å². The van der Waals surface area contributed by atoms with E-state index in [2.05, 4.69) is 20.9 Å². The minimum atomic E-state index is -0.179. The molecule has 7 heteroatoms. The molecule has 0 aliphatic heterocycles. The first-order chi connectivity index (χ1) is 11.9. The Bertz CT molecular complexity index is 1030. The molecular weight excluding hydrogens is 406 g/mol. The number of benzene rings is 1. The van der Waals surface area contributed by atoms with Gasteiger partial charge in [0, 0.05) is 34.7 Å². The number of hydrogen-bond donors (Lipinski definition) is 1. The largest absolute Gasteiger partial charge is 0.495 e.